The maximum atomic E-state index is 6.52. The number of benzene rings is 16. The zero-order valence-corrected chi connectivity index (χ0v) is 64.2. The highest BCUT2D eigenvalue weighted by Crippen LogP contribution is 2.50. The maximum absolute atomic E-state index is 6.52. The molecule has 0 spiro atoms. The molecule has 12 heterocycles. The minimum Gasteiger partial charge on any atom is -0.456 e. The Morgan fingerprint density at radius 2 is 0.567 bits per heavy atom. The summed E-state index contributed by atoms with van der Waals surface area (Å²) in [6.45, 7) is 0. The summed E-state index contributed by atoms with van der Waals surface area (Å²) in [4.78, 5) is 18.7. The van der Waals surface area contributed by atoms with E-state index in [0.717, 1.165) is 155 Å². The Morgan fingerprint density at radius 1 is 0.167 bits per heavy atom. The molecule has 12 nitrogen and oxygen atoms in total. The third kappa shape index (κ3) is 10.1. The van der Waals surface area contributed by atoms with Crippen LogP contribution in [0.2, 0.25) is 0 Å². The van der Waals surface area contributed by atoms with E-state index in [-0.39, 0.29) is 0 Å². The largest absolute Gasteiger partial charge is 0.456 e. The summed E-state index contributed by atoms with van der Waals surface area (Å²) >= 11 is 0. The van der Waals surface area contributed by atoms with Crippen LogP contribution in [-0.2, 0) is 0 Å². The molecule has 0 atom stereocenters. The lowest BCUT2D eigenvalue weighted by atomic mass is 9.99. The fourth-order valence-corrected chi connectivity index (χ4v) is 19.1. The summed E-state index contributed by atoms with van der Waals surface area (Å²) in [5.74, 6) is 3.60. The molecule has 0 aliphatic rings. The summed E-state index contributed by atoms with van der Waals surface area (Å²) in [7, 11) is 0. The van der Waals surface area contributed by atoms with Crippen molar-refractivity contribution in [1.29, 1.82) is 0 Å². The quantitative estimate of drug-likeness (QED) is 0.171. The van der Waals surface area contributed by atoms with Gasteiger partial charge in [0.05, 0.1) is 49.5 Å². The number of pyridine rings is 4. The van der Waals surface area contributed by atoms with E-state index in [0.29, 0.717) is 0 Å². The molecular formula is C108H64N8O4. The smallest absolute Gasteiger partial charge is 0.160 e. The molecule has 0 bridgehead atoms. The van der Waals surface area contributed by atoms with Crippen LogP contribution < -0.4 is 0 Å². The Morgan fingerprint density at radius 3 is 1.17 bits per heavy atom. The number of para-hydroxylation sites is 6. The van der Waals surface area contributed by atoms with Crippen LogP contribution in [0.5, 0.6) is 0 Å². The highest BCUT2D eigenvalue weighted by atomic mass is 16.3. The van der Waals surface area contributed by atoms with E-state index >= 15 is 0 Å². The third-order valence-corrected chi connectivity index (χ3v) is 24.1. The van der Waals surface area contributed by atoms with E-state index in [9.17, 15) is 0 Å². The van der Waals surface area contributed by atoms with Gasteiger partial charge in [0.1, 0.15) is 56.8 Å². The molecule has 560 valence electrons. The van der Waals surface area contributed by atoms with Gasteiger partial charge in [-0.05, 0) is 159 Å². The Labute approximate surface area is 681 Å². The van der Waals surface area contributed by atoms with Crippen molar-refractivity contribution in [2.24, 2.45) is 0 Å². The monoisotopic (exact) mass is 1540 g/mol. The lowest BCUT2D eigenvalue weighted by Crippen LogP contribution is -1.96. The Kier molecular flexibility index (Phi) is 14.8. The van der Waals surface area contributed by atoms with Crippen molar-refractivity contribution >= 4 is 218 Å². The molecule has 0 saturated carbocycles. The SMILES string of the molecule is c1ccc(-n2c3cc4ccccc4cc3c3cc4oc5ccccc5c4cc32)nc1.c1ccc(-n2c3ccc4ccccc4c3c3ccc4c5ccccc5oc4c32)nc1.c1ccc(-n2c3ccccc3c3c4ccccc4c4c5ccccc5oc4c32)nc1.c1ccc(-n2c3ccccc3c3c4oc5ccccc5c4c4ccccc4c32)nc1. The van der Waals surface area contributed by atoms with Crippen molar-refractivity contribution in [3.8, 4) is 23.3 Å². The van der Waals surface area contributed by atoms with E-state index in [1.807, 2.05) is 122 Å². The molecular weight excluding hydrogens is 1470 g/mol. The lowest BCUT2D eigenvalue weighted by Gasteiger charge is -2.09. The van der Waals surface area contributed by atoms with Crippen LogP contribution in [0.15, 0.2) is 406 Å². The second-order valence-electron chi connectivity index (χ2n) is 30.6. The van der Waals surface area contributed by atoms with E-state index in [1.54, 1.807) is 0 Å². The van der Waals surface area contributed by atoms with Crippen LogP contribution in [-0.4, -0.2) is 38.2 Å². The van der Waals surface area contributed by atoms with Crippen molar-refractivity contribution < 1.29 is 17.7 Å². The maximum Gasteiger partial charge on any atom is 0.160 e. The number of hydrogen-bond donors (Lipinski definition) is 0. The van der Waals surface area contributed by atoms with Crippen LogP contribution in [0.3, 0.4) is 0 Å². The molecule has 0 saturated heterocycles. The molecule has 0 aliphatic heterocycles. The van der Waals surface area contributed by atoms with E-state index in [2.05, 4.69) is 305 Å². The van der Waals surface area contributed by atoms with Gasteiger partial charge in [-0.25, -0.2) is 19.9 Å². The van der Waals surface area contributed by atoms with Gasteiger partial charge in [0.25, 0.3) is 0 Å². The van der Waals surface area contributed by atoms with Gasteiger partial charge in [0.15, 0.2) is 11.2 Å². The van der Waals surface area contributed by atoms with E-state index in [1.165, 1.54) is 86.2 Å². The first kappa shape index (κ1) is 66.9. The van der Waals surface area contributed by atoms with Crippen LogP contribution in [0.25, 0.3) is 241 Å². The number of fused-ring (bicyclic) bond motifs is 36. The van der Waals surface area contributed by atoms with Gasteiger partial charge >= 0.3 is 0 Å². The van der Waals surface area contributed by atoms with Gasteiger partial charge in [0, 0.05) is 111 Å². The molecule has 120 heavy (non-hydrogen) atoms. The van der Waals surface area contributed by atoms with Crippen molar-refractivity contribution in [2.45, 2.75) is 0 Å². The average Bonchev–Trinajstić information content (AvgIpc) is 1.54. The molecule has 28 rings (SSSR count). The van der Waals surface area contributed by atoms with Crippen molar-refractivity contribution in [2.75, 3.05) is 0 Å². The summed E-state index contributed by atoms with van der Waals surface area (Å²) in [5, 5.41) is 28.5. The Bertz CT molecular complexity index is 9010. The zero-order chi connectivity index (χ0) is 78.6. The molecule has 12 heteroatoms. The standard InChI is InChI=1S/4C27H16N2O/c1-2-10-18-17(9-1)24-20-12-4-6-14-22(20)30-27(24)25-19-11-3-5-13-21(19)29(26(18)25)23-15-7-8-16-28-23;1-2-10-18-17(9-1)24-19-11-3-5-13-21(19)29(23-15-7-8-16-28-23)26(24)27-25(18)20-12-4-6-14-22(20)30-27;1-2-8-18-17(7-1)12-15-22-25(18)21-14-13-20-19-9-3-4-10-23(19)30-27(20)26(21)29(22)24-11-5-6-16-28-24;1-2-8-18-14-23-20(13-17(18)7-1)21-16-26-22(19-9-3-4-10-25(19)30-26)15-24(21)29(23)27-11-5-6-12-28-27/h4*1-16H. The Hall–Kier alpha value is -16.4. The molecule has 12 aromatic heterocycles. The summed E-state index contributed by atoms with van der Waals surface area (Å²) in [6, 6.07) is 126. The molecule has 0 aliphatic carbocycles. The normalized spacial score (nSPS) is 12.0. The molecule has 0 radical (unpaired) electrons. The minimum absolute atomic E-state index is 0.890. The highest BCUT2D eigenvalue weighted by molar-refractivity contribution is 6.37. The van der Waals surface area contributed by atoms with Crippen molar-refractivity contribution in [1.82, 2.24) is 38.2 Å². The molecule has 16 aromatic carbocycles. The average molecular weight is 1540 g/mol. The number of hydrogen-bond acceptors (Lipinski definition) is 8. The lowest BCUT2D eigenvalue weighted by molar-refractivity contribution is 0.669. The number of furan rings is 4. The number of nitrogens with zero attached hydrogens (tertiary/aromatic N) is 8. The van der Waals surface area contributed by atoms with Crippen LogP contribution >= 0.6 is 0 Å². The van der Waals surface area contributed by atoms with E-state index < -0.39 is 0 Å². The third-order valence-electron chi connectivity index (χ3n) is 24.1. The first-order valence-electron chi connectivity index (χ1n) is 40.3. The molecule has 28 aromatic rings. The van der Waals surface area contributed by atoms with Gasteiger partial charge in [0.2, 0.25) is 0 Å². The predicted molar refractivity (Wildman–Crippen MR) is 493 cm³/mol. The summed E-state index contributed by atoms with van der Waals surface area (Å²) in [5.41, 5.74) is 16.3. The van der Waals surface area contributed by atoms with Crippen LogP contribution in [0.4, 0.5) is 0 Å². The summed E-state index contributed by atoms with van der Waals surface area (Å²) in [6.07, 6.45) is 7.37. The van der Waals surface area contributed by atoms with Crippen LogP contribution in [0, 0.1) is 0 Å². The number of rotatable bonds is 4. The van der Waals surface area contributed by atoms with E-state index in [4.69, 9.17) is 17.7 Å². The predicted octanol–water partition coefficient (Wildman–Crippen LogP) is 28.9. The summed E-state index contributed by atoms with van der Waals surface area (Å²) < 4.78 is 34.6. The zero-order valence-electron chi connectivity index (χ0n) is 64.2. The van der Waals surface area contributed by atoms with Gasteiger partial charge in [-0.15, -0.1) is 0 Å². The second-order valence-corrected chi connectivity index (χ2v) is 30.6. The van der Waals surface area contributed by atoms with Gasteiger partial charge < -0.3 is 17.7 Å². The fourth-order valence-electron chi connectivity index (χ4n) is 19.1. The highest BCUT2D eigenvalue weighted by Gasteiger charge is 2.27. The first-order chi connectivity index (χ1) is 59.6. The van der Waals surface area contributed by atoms with Gasteiger partial charge in [-0.2, -0.15) is 0 Å². The number of aromatic nitrogens is 8. The Balaban J connectivity index is 0.0000000886. The molecule has 0 unspecified atom stereocenters. The molecule has 0 N–H and O–H groups in total. The second kappa shape index (κ2) is 26.6. The minimum atomic E-state index is 0.890. The molecule has 0 amide bonds. The van der Waals surface area contributed by atoms with Gasteiger partial charge in [-0.3, -0.25) is 18.3 Å². The fraction of sp³-hybridized carbons (Fsp3) is 0. The molecule has 0 fully saturated rings. The van der Waals surface area contributed by atoms with Gasteiger partial charge in [-0.1, -0.05) is 243 Å². The van der Waals surface area contributed by atoms with Crippen LogP contribution in [0.1, 0.15) is 0 Å². The van der Waals surface area contributed by atoms with Crippen molar-refractivity contribution in [3.63, 3.8) is 0 Å². The first-order valence-corrected chi connectivity index (χ1v) is 40.3. The topological polar surface area (TPSA) is 124 Å². The van der Waals surface area contributed by atoms with Crippen molar-refractivity contribution in [3.05, 3.63) is 389 Å².